The number of hydrogen-bond donors (Lipinski definition) is 1. The van der Waals surface area contributed by atoms with Crippen LogP contribution >= 0.6 is 0 Å². The number of carbonyl (C=O) groups excluding carboxylic acids is 1. The van der Waals surface area contributed by atoms with Crippen LogP contribution in [0.2, 0.25) is 0 Å². The fraction of sp³-hybridized carbons (Fsp3) is 0.267. The van der Waals surface area contributed by atoms with Gasteiger partial charge in [0.2, 0.25) is 0 Å². The second kappa shape index (κ2) is 4.69. The van der Waals surface area contributed by atoms with Gasteiger partial charge < -0.3 is 10.2 Å². The first-order valence-electron chi connectivity index (χ1n) is 5.92. The van der Waals surface area contributed by atoms with E-state index >= 15 is 0 Å². The van der Waals surface area contributed by atoms with Crippen molar-refractivity contribution in [3.63, 3.8) is 0 Å². The Bertz CT molecular complexity index is 573. The zero-order valence-corrected chi connectivity index (χ0v) is 10.9. The van der Waals surface area contributed by atoms with E-state index in [9.17, 15) is 4.79 Å². The molecule has 0 unspecified atom stereocenters. The summed E-state index contributed by atoms with van der Waals surface area (Å²) in [5, 5.41) is 0. The molecule has 0 atom stereocenters. The minimum atomic E-state index is -0.529. The molecule has 1 aromatic carbocycles. The van der Waals surface area contributed by atoms with E-state index in [2.05, 4.69) is 32.9 Å². The van der Waals surface area contributed by atoms with Gasteiger partial charge in [0.1, 0.15) is 5.76 Å². The molecule has 2 N–H and O–H groups in total. The zero-order chi connectivity index (χ0) is 13.3. The highest BCUT2D eigenvalue weighted by atomic mass is 16.3. The van der Waals surface area contributed by atoms with E-state index in [0.717, 1.165) is 5.76 Å². The van der Waals surface area contributed by atoms with Crippen LogP contribution in [0.25, 0.3) is 0 Å². The highest BCUT2D eigenvalue weighted by Crippen LogP contribution is 2.21. The van der Waals surface area contributed by atoms with Crippen molar-refractivity contribution in [2.75, 3.05) is 0 Å². The van der Waals surface area contributed by atoms with Gasteiger partial charge in [-0.05, 0) is 49.6 Å². The van der Waals surface area contributed by atoms with Crippen LogP contribution in [-0.4, -0.2) is 5.91 Å². The van der Waals surface area contributed by atoms with Crippen LogP contribution in [0.15, 0.2) is 28.7 Å². The normalized spacial score (nSPS) is 10.6. The van der Waals surface area contributed by atoms with Crippen molar-refractivity contribution in [2.24, 2.45) is 5.73 Å². The highest BCUT2D eigenvalue weighted by molar-refractivity contribution is 5.89. The molecule has 94 valence electrons. The maximum absolute atomic E-state index is 11.0. The topological polar surface area (TPSA) is 56.2 Å². The molecule has 18 heavy (non-hydrogen) atoms. The van der Waals surface area contributed by atoms with Crippen molar-refractivity contribution < 1.29 is 9.21 Å². The van der Waals surface area contributed by atoms with Crippen LogP contribution in [0.3, 0.4) is 0 Å². The third kappa shape index (κ3) is 2.45. The lowest BCUT2D eigenvalue weighted by Gasteiger charge is -2.09. The average molecular weight is 243 g/mol. The van der Waals surface area contributed by atoms with Crippen molar-refractivity contribution in [3.8, 4) is 0 Å². The number of primary amides is 1. The first-order chi connectivity index (χ1) is 8.47. The smallest absolute Gasteiger partial charge is 0.284 e. The van der Waals surface area contributed by atoms with Crippen LogP contribution in [0, 0.1) is 20.8 Å². The molecule has 3 nitrogen and oxygen atoms in total. The van der Waals surface area contributed by atoms with Gasteiger partial charge in [-0.2, -0.15) is 0 Å². The van der Waals surface area contributed by atoms with Crippen LogP contribution in [-0.2, 0) is 6.42 Å². The Morgan fingerprint density at radius 3 is 2.28 bits per heavy atom. The number of hydrogen-bond acceptors (Lipinski definition) is 2. The molecule has 1 heterocycles. The number of benzene rings is 1. The second-order valence-electron chi connectivity index (χ2n) is 4.68. The number of nitrogens with two attached hydrogens (primary N) is 1. The maximum atomic E-state index is 11.0. The molecule has 2 aromatic rings. The van der Waals surface area contributed by atoms with Gasteiger partial charge in [-0.25, -0.2) is 0 Å². The van der Waals surface area contributed by atoms with E-state index in [4.69, 9.17) is 10.2 Å². The van der Waals surface area contributed by atoms with Crippen molar-refractivity contribution in [1.82, 2.24) is 0 Å². The zero-order valence-electron chi connectivity index (χ0n) is 10.9. The number of furan rings is 1. The van der Waals surface area contributed by atoms with Crippen LogP contribution in [0.5, 0.6) is 0 Å². The molecule has 0 aliphatic rings. The van der Waals surface area contributed by atoms with Crippen molar-refractivity contribution in [1.29, 1.82) is 0 Å². The first kappa shape index (κ1) is 12.4. The van der Waals surface area contributed by atoms with E-state index in [-0.39, 0.29) is 5.76 Å². The van der Waals surface area contributed by atoms with Crippen molar-refractivity contribution >= 4 is 5.91 Å². The largest absolute Gasteiger partial charge is 0.456 e. The molecule has 0 aliphatic heterocycles. The monoisotopic (exact) mass is 243 g/mol. The third-order valence-corrected chi connectivity index (χ3v) is 3.10. The molecule has 3 heteroatoms. The van der Waals surface area contributed by atoms with Crippen molar-refractivity contribution in [2.45, 2.75) is 27.2 Å². The van der Waals surface area contributed by atoms with E-state index in [0.29, 0.717) is 6.42 Å². The van der Waals surface area contributed by atoms with Gasteiger partial charge in [-0.1, -0.05) is 17.7 Å². The summed E-state index contributed by atoms with van der Waals surface area (Å²) in [6.45, 7) is 6.27. The Balaban J connectivity index is 2.31. The molecule has 1 amide bonds. The molecule has 0 saturated heterocycles. The Morgan fingerprint density at radius 1 is 1.17 bits per heavy atom. The molecule has 0 saturated carbocycles. The SMILES string of the molecule is Cc1cc(C)c(Cc2ccc(C(N)=O)o2)c(C)c1. The fourth-order valence-corrected chi connectivity index (χ4v) is 2.27. The summed E-state index contributed by atoms with van der Waals surface area (Å²) in [6, 6.07) is 7.73. The minimum absolute atomic E-state index is 0.215. The second-order valence-corrected chi connectivity index (χ2v) is 4.68. The molecule has 0 spiro atoms. The van der Waals surface area contributed by atoms with Crippen LogP contribution < -0.4 is 5.73 Å². The molecule has 1 aromatic heterocycles. The Morgan fingerprint density at radius 2 is 1.78 bits per heavy atom. The Labute approximate surface area is 107 Å². The summed E-state index contributed by atoms with van der Waals surface area (Å²) in [7, 11) is 0. The molecular weight excluding hydrogens is 226 g/mol. The Hall–Kier alpha value is -2.03. The maximum Gasteiger partial charge on any atom is 0.284 e. The fourth-order valence-electron chi connectivity index (χ4n) is 2.27. The van der Waals surface area contributed by atoms with Gasteiger partial charge in [0, 0.05) is 6.42 Å². The molecule has 0 fully saturated rings. The summed E-state index contributed by atoms with van der Waals surface area (Å²) in [4.78, 5) is 11.0. The molecule has 0 aliphatic carbocycles. The average Bonchev–Trinajstić information content (AvgIpc) is 2.71. The lowest BCUT2D eigenvalue weighted by Crippen LogP contribution is -2.09. The summed E-state index contributed by atoms with van der Waals surface area (Å²) < 4.78 is 5.41. The first-order valence-corrected chi connectivity index (χ1v) is 5.92. The van der Waals surface area contributed by atoms with Gasteiger partial charge in [-0.15, -0.1) is 0 Å². The molecular formula is C15H17NO2. The predicted octanol–water partition coefficient (Wildman–Crippen LogP) is 2.89. The third-order valence-electron chi connectivity index (χ3n) is 3.10. The van der Waals surface area contributed by atoms with Crippen molar-refractivity contribution in [3.05, 3.63) is 58.0 Å². The minimum Gasteiger partial charge on any atom is -0.456 e. The Kier molecular flexibility index (Phi) is 3.24. The summed E-state index contributed by atoms with van der Waals surface area (Å²) in [5.41, 5.74) is 10.1. The summed E-state index contributed by atoms with van der Waals surface area (Å²) in [5.74, 6) is 0.449. The van der Waals surface area contributed by atoms with Gasteiger partial charge in [-0.3, -0.25) is 4.79 Å². The van der Waals surface area contributed by atoms with Gasteiger partial charge in [0.15, 0.2) is 5.76 Å². The number of rotatable bonds is 3. The standard InChI is InChI=1S/C15H17NO2/c1-9-6-10(2)13(11(3)7-9)8-12-4-5-14(18-12)15(16)17/h4-7H,8H2,1-3H3,(H2,16,17). The van der Waals surface area contributed by atoms with Gasteiger partial charge >= 0.3 is 0 Å². The molecule has 0 radical (unpaired) electrons. The molecule has 0 bridgehead atoms. The van der Waals surface area contributed by atoms with Crippen LogP contribution in [0.1, 0.15) is 38.6 Å². The molecule has 2 rings (SSSR count). The number of carbonyl (C=O) groups is 1. The van der Waals surface area contributed by atoms with E-state index < -0.39 is 5.91 Å². The van der Waals surface area contributed by atoms with E-state index in [1.54, 1.807) is 12.1 Å². The quantitative estimate of drug-likeness (QED) is 0.901. The summed E-state index contributed by atoms with van der Waals surface area (Å²) in [6.07, 6.45) is 0.686. The lowest BCUT2D eigenvalue weighted by atomic mass is 9.97. The number of aryl methyl sites for hydroxylation is 3. The highest BCUT2D eigenvalue weighted by Gasteiger charge is 2.10. The predicted molar refractivity (Wildman–Crippen MR) is 70.7 cm³/mol. The lowest BCUT2D eigenvalue weighted by molar-refractivity contribution is 0.0972. The van der Waals surface area contributed by atoms with Crippen LogP contribution in [0.4, 0.5) is 0 Å². The van der Waals surface area contributed by atoms with E-state index in [1.165, 1.54) is 22.3 Å². The number of amides is 1. The van der Waals surface area contributed by atoms with Gasteiger partial charge in [0.05, 0.1) is 0 Å². The van der Waals surface area contributed by atoms with E-state index in [1.807, 2.05) is 0 Å². The van der Waals surface area contributed by atoms with Gasteiger partial charge in [0.25, 0.3) is 5.91 Å². The summed E-state index contributed by atoms with van der Waals surface area (Å²) >= 11 is 0.